The molecule has 0 bridgehead atoms. The number of fused-ring (bicyclic) bond motifs is 3. The van der Waals surface area contributed by atoms with Crippen molar-refractivity contribution in [2.24, 2.45) is 5.41 Å². The molecule has 1 fully saturated rings. The molecule has 0 aliphatic carbocycles. The van der Waals surface area contributed by atoms with Gasteiger partial charge in [0.1, 0.15) is 29.1 Å². The summed E-state index contributed by atoms with van der Waals surface area (Å²) in [6.45, 7) is 7.46. The lowest BCUT2D eigenvalue weighted by molar-refractivity contribution is -0.0174. The number of benzene rings is 2. The Morgan fingerprint density at radius 1 is 1.09 bits per heavy atom. The van der Waals surface area contributed by atoms with Crippen molar-refractivity contribution in [3.8, 4) is 22.9 Å². The number of piperidine rings is 1. The first-order valence-corrected chi connectivity index (χ1v) is 14.2. The molecular formula is C31H29ClF2N6O3. The number of pyridine rings is 1. The van der Waals surface area contributed by atoms with E-state index in [4.69, 9.17) is 16.3 Å². The van der Waals surface area contributed by atoms with Crippen LogP contribution in [0.2, 0.25) is 5.02 Å². The number of rotatable bonds is 4. The fourth-order valence-corrected chi connectivity index (χ4v) is 6.40. The lowest BCUT2D eigenvalue weighted by atomic mass is 9.78. The highest BCUT2D eigenvalue weighted by atomic mass is 35.5. The van der Waals surface area contributed by atoms with Crippen LogP contribution >= 0.6 is 11.6 Å². The number of amides is 1. The van der Waals surface area contributed by atoms with E-state index in [0.717, 1.165) is 0 Å². The first kappa shape index (κ1) is 28.7. The fourth-order valence-electron chi connectivity index (χ4n) is 6.13. The minimum Gasteiger partial charge on any atom is -0.465 e. The Kier molecular flexibility index (Phi) is 7.16. The summed E-state index contributed by atoms with van der Waals surface area (Å²) in [5.41, 5.74) is 1.50. The average molecular weight is 607 g/mol. The van der Waals surface area contributed by atoms with Crippen LogP contribution in [-0.4, -0.2) is 59.4 Å². The van der Waals surface area contributed by atoms with E-state index in [1.807, 2.05) is 25.3 Å². The minimum absolute atomic E-state index is 0.148. The number of imidazole rings is 1. The summed E-state index contributed by atoms with van der Waals surface area (Å²) in [5, 5.41) is 10.6. The van der Waals surface area contributed by atoms with Gasteiger partial charge >= 0.3 is 12.1 Å². The van der Waals surface area contributed by atoms with Crippen LogP contribution in [0.1, 0.15) is 39.1 Å². The van der Waals surface area contributed by atoms with Gasteiger partial charge in [-0.15, -0.1) is 0 Å². The van der Waals surface area contributed by atoms with Gasteiger partial charge in [-0.3, -0.25) is 4.98 Å². The first-order chi connectivity index (χ1) is 20.4. The number of likely N-dealkylation sites (tertiary alicyclic amines) is 1. The zero-order valence-corrected chi connectivity index (χ0v) is 24.7. The van der Waals surface area contributed by atoms with Gasteiger partial charge in [-0.25, -0.2) is 28.5 Å². The Morgan fingerprint density at radius 3 is 2.51 bits per heavy atom. The molecule has 3 atom stereocenters. The molecule has 3 aromatic heterocycles. The maximum atomic E-state index is 16.5. The third-order valence-electron chi connectivity index (χ3n) is 7.90. The summed E-state index contributed by atoms with van der Waals surface area (Å²) in [5.74, 6) is 0.408. The highest BCUT2D eigenvalue weighted by molar-refractivity contribution is 6.33. The zero-order valence-electron chi connectivity index (χ0n) is 23.9. The van der Waals surface area contributed by atoms with Crippen molar-refractivity contribution in [3.05, 3.63) is 71.7 Å². The molecule has 5 aromatic rings. The molecule has 222 valence electrons. The number of halogens is 3. The van der Waals surface area contributed by atoms with Gasteiger partial charge in [0, 0.05) is 47.6 Å². The van der Waals surface area contributed by atoms with Gasteiger partial charge in [0.15, 0.2) is 0 Å². The molecule has 6 rings (SSSR count). The second kappa shape index (κ2) is 10.7. The van der Waals surface area contributed by atoms with Crippen LogP contribution < -0.4 is 4.74 Å². The van der Waals surface area contributed by atoms with Crippen LogP contribution in [0.15, 0.2) is 55.0 Å². The summed E-state index contributed by atoms with van der Waals surface area (Å²) in [4.78, 5) is 30.4. The second-order valence-electron chi connectivity index (χ2n) is 11.7. The molecule has 2 aromatic carbocycles. The lowest BCUT2D eigenvalue weighted by Crippen LogP contribution is -2.58. The van der Waals surface area contributed by atoms with Crippen LogP contribution in [0.4, 0.5) is 13.6 Å². The number of carboxylic acid groups (broad SMARTS) is 1. The topological polar surface area (TPSA) is 106 Å². The molecule has 0 spiro atoms. The molecule has 1 aliphatic rings. The average Bonchev–Trinajstić information content (AvgIpc) is 3.28. The van der Waals surface area contributed by atoms with Crippen LogP contribution in [0, 0.1) is 18.2 Å². The van der Waals surface area contributed by atoms with Crippen molar-refractivity contribution in [2.45, 2.75) is 52.4 Å². The molecule has 1 N–H and O–H groups in total. The Labute approximate surface area is 251 Å². The van der Waals surface area contributed by atoms with E-state index in [1.54, 1.807) is 55.8 Å². The minimum atomic E-state index is -1.51. The highest BCUT2D eigenvalue weighted by Gasteiger charge is 2.47. The molecule has 43 heavy (non-hydrogen) atoms. The fraction of sp³-hybridized carbons (Fsp3) is 0.323. The van der Waals surface area contributed by atoms with E-state index < -0.39 is 35.6 Å². The Bertz CT molecular complexity index is 1860. The van der Waals surface area contributed by atoms with Crippen molar-refractivity contribution >= 4 is 39.6 Å². The van der Waals surface area contributed by atoms with Gasteiger partial charge in [0.05, 0.1) is 34.3 Å². The number of hydrogen-bond donors (Lipinski definition) is 1. The summed E-state index contributed by atoms with van der Waals surface area (Å²) in [6.07, 6.45) is 2.24. The molecule has 0 radical (unpaired) electrons. The Morgan fingerprint density at radius 2 is 1.84 bits per heavy atom. The standard InChI is InChI=1S/C31H29ClF2N6O3/c1-16-38-24-15-37-23-14-22(33)19(18-7-6-17(12-21(18)32)43-29-35-9-5-10-36-29)13-20(23)27(24)40(16)25-8-11-39(30(41)42)28(26(25)34)31(2,3)4/h5-7,9-10,12-15,25-26,28H,8,11H2,1-4H3,(H,41,42)/t25-,26-,28?/m0/s1. The molecule has 1 unspecified atom stereocenters. The summed E-state index contributed by atoms with van der Waals surface area (Å²) >= 11 is 6.62. The quantitative estimate of drug-likeness (QED) is 0.224. The Hall–Kier alpha value is -4.38. The molecule has 1 saturated heterocycles. The van der Waals surface area contributed by atoms with Crippen LogP contribution in [0.3, 0.4) is 0 Å². The largest absolute Gasteiger partial charge is 0.465 e. The molecule has 0 saturated carbocycles. The molecule has 4 heterocycles. The van der Waals surface area contributed by atoms with E-state index in [1.165, 1.54) is 11.0 Å². The van der Waals surface area contributed by atoms with E-state index in [2.05, 4.69) is 19.9 Å². The number of aromatic nitrogens is 5. The maximum absolute atomic E-state index is 16.5. The van der Waals surface area contributed by atoms with Crippen molar-refractivity contribution in [1.29, 1.82) is 0 Å². The second-order valence-corrected chi connectivity index (χ2v) is 12.1. The zero-order chi connectivity index (χ0) is 30.6. The lowest BCUT2D eigenvalue weighted by Gasteiger charge is -2.47. The van der Waals surface area contributed by atoms with Crippen molar-refractivity contribution in [1.82, 2.24) is 29.4 Å². The summed E-state index contributed by atoms with van der Waals surface area (Å²) in [7, 11) is 0. The summed E-state index contributed by atoms with van der Waals surface area (Å²) < 4.78 is 39.5. The number of carbonyl (C=O) groups is 1. The molecule has 1 aliphatic heterocycles. The van der Waals surface area contributed by atoms with Crippen LogP contribution in [0.25, 0.3) is 33.1 Å². The Balaban J connectivity index is 1.47. The number of aryl methyl sites for hydroxylation is 1. The third-order valence-corrected chi connectivity index (χ3v) is 8.21. The third kappa shape index (κ3) is 5.11. The molecule has 1 amide bonds. The van der Waals surface area contributed by atoms with Crippen molar-refractivity contribution in [3.63, 3.8) is 0 Å². The van der Waals surface area contributed by atoms with Gasteiger partial charge in [-0.2, -0.15) is 0 Å². The van der Waals surface area contributed by atoms with E-state index in [9.17, 15) is 9.90 Å². The number of alkyl halides is 1. The van der Waals surface area contributed by atoms with Crippen LogP contribution in [-0.2, 0) is 0 Å². The van der Waals surface area contributed by atoms with Gasteiger partial charge in [0.2, 0.25) is 0 Å². The normalized spacial score (nSPS) is 19.2. The molecule has 9 nitrogen and oxygen atoms in total. The van der Waals surface area contributed by atoms with E-state index in [0.29, 0.717) is 39.1 Å². The number of nitrogens with zero attached hydrogens (tertiary/aromatic N) is 6. The van der Waals surface area contributed by atoms with Gasteiger partial charge in [-0.1, -0.05) is 32.4 Å². The summed E-state index contributed by atoms with van der Waals surface area (Å²) in [6, 6.07) is 8.08. The van der Waals surface area contributed by atoms with Gasteiger partial charge in [0.25, 0.3) is 0 Å². The van der Waals surface area contributed by atoms with Gasteiger partial charge < -0.3 is 19.3 Å². The van der Waals surface area contributed by atoms with Crippen molar-refractivity contribution in [2.75, 3.05) is 6.54 Å². The van der Waals surface area contributed by atoms with Crippen LogP contribution in [0.5, 0.6) is 11.8 Å². The van der Waals surface area contributed by atoms with E-state index >= 15 is 8.78 Å². The SMILES string of the molecule is Cc1nc2cnc3cc(F)c(-c4ccc(Oc5ncccn5)cc4Cl)cc3c2n1[C@H]1CCN(C(=O)O)C(C(C)(C)C)[C@H]1F. The monoisotopic (exact) mass is 606 g/mol. The molecular weight excluding hydrogens is 578 g/mol. The predicted octanol–water partition coefficient (Wildman–Crippen LogP) is 7.61. The predicted molar refractivity (Wildman–Crippen MR) is 159 cm³/mol. The van der Waals surface area contributed by atoms with Crippen molar-refractivity contribution < 1.29 is 23.4 Å². The highest BCUT2D eigenvalue weighted by Crippen LogP contribution is 2.42. The van der Waals surface area contributed by atoms with Gasteiger partial charge in [-0.05, 0) is 43.0 Å². The van der Waals surface area contributed by atoms with E-state index in [-0.39, 0.29) is 29.6 Å². The first-order valence-electron chi connectivity index (χ1n) is 13.8. The number of ether oxygens (including phenoxy) is 1. The number of hydrogen-bond acceptors (Lipinski definition) is 6. The smallest absolute Gasteiger partial charge is 0.407 e. The molecule has 12 heteroatoms. The maximum Gasteiger partial charge on any atom is 0.407 e.